The number of hydrogen-bond acceptors (Lipinski definition) is 3. The van der Waals surface area contributed by atoms with Gasteiger partial charge in [0.2, 0.25) is 0 Å². The number of fused-ring (bicyclic) bond motifs is 3. The zero-order valence-corrected chi connectivity index (χ0v) is 9.11. The second kappa shape index (κ2) is 2.98. The number of aryl methyl sites for hydroxylation is 2. The molecule has 0 unspecified atom stereocenters. The summed E-state index contributed by atoms with van der Waals surface area (Å²) >= 11 is 0. The summed E-state index contributed by atoms with van der Waals surface area (Å²) in [4.78, 5) is 4.30. The minimum atomic E-state index is 0.288. The molecule has 3 heteroatoms. The van der Waals surface area contributed by atoms with E-state index in [2.05, 4.69) is 4.98 Å². The van der Waals surface area contributed by atoms with Gasteiger partial charge in [-0.25, -0.2) is 4.98 Å². The molecule has 0 saturated heterocycles. The standard InChI is InChI=1S/C13H11NO2/c1-7-11-13(16-8(2)14-11)10-6-4-3-5-9(10)12(7)15/h3-6,15H,1-2H3. The molecule has 1 N–H and O–H groups in total. The molecule has 80 valence electrons. The fourth-order valence-corrected chi connectivity index (χ4v) is 2.07. The highest BCUT2D eigenvalue weighted by Crippen LogP contribution is 2.36. The highest BCUT2D eigenvalue weighted by atomic mass is 16.3. The first-order valence-corrected chi connectivity index (χ1v) is 5.16. The van der Waals surface area contributed by atoms with Crippen LogP contribution in [-0.4, -0.2) is 10.1 Å². The van der Waals surface area contributed by atoms with E-state index in [1.807, 2.05) is 38.1 Å². The van der Waals surface area contributed by atoms with Gasteiger partial charge in [0.1, 0.15) is 11.3 Å². The molecule has 3 aromatic rings. The maximum absolute atomic E-state index is 10.1. The summed E-state index contributed by atoms with van der Waals surface area (Å²) in [6, 6.07) is 7.64. The van der Waals surface area contributed by atoms with E-state index < -0.39 is 0 Å². The lowest BCUT2D eigenvalue weighted by molar-refractivity contribution is 0.478. The van der Waals surface area contributed by atoms with Gasteiger partial charge in [-0.1, -0.05) is 24.3 Å². The van der Waals surface area contributed by atoms with Crippen LogP contribution >= 0.6 is 0 Å². The van der Waals surface area contributed by atoms with Crippen molar-refractivity contribution in [3.8, 4) is 5.75 Å². The fourth-order valence-electron chi connectivity index (χ4n) is 2.07. The molecule has 0 fully saturated rings. The van der Waals surface area contributed by atoms with Gasteiger partial charge in [0.25, 0.3) is 0 Å². The third kappa shape index (κ3) is 1.05. The Bertz CT molecular complexity index is 698. The molecule has 0 bridgehead atoms. The predicted molar refractivity (Wildman–Crippen MR) is 62.7 cm³/mol. The first kappa shape index (κ1) is 9.21. The van der Waals surface area contributed by atoms with Crippen molar-refractivity contribution in [3.63, 3.8) is 0 Å². The number of hydrogen-bond donors (Lipinski definition) is 1. The minimum absolute atomic E-state index is 0.288. The van der Waals surface area contributed by atoms with E-state index in [0.717, 1.165) is 27.4 Å². The average Bonchev–Trinajstić information content (AvgIpc) is 2.68. The molecule has 0 atom stereocenters. The Kier molecular flexibility index (Phi) is 1.72. The lowest BCUT2D eigenvalue weighted by Crippen LogP contribution is -1.82. The minimum Gasteiger partial charge on any atom is -0.507 e. The van der Waals surface area contributed by atoms with Crippen molar-refractivity contribution in [2.24, 2.45) is 0 Å². The lowest BCUT2D eigenvalue weighted by Gasteiger charge is -2.04. The van der Waals surface area contributed by atoms with E-state index in [4.69, 9.17) is 4.42 Å². The summed E-state index contributed by atoms with van der Waals surface area (Å²) in [6.45, 7) is 3.66. The summed E-state index contributed by atoms with van der Waals surface area (Å²) in [5.41, 5.74) is 2.27. The molecule has 1 aromatic heterocycles. The van der Waals surface area contributed by atoms with Gasteiger partial charge in [-0.15, -0.1) is 0 Å². The third-order valence-corrected chi connectivity index (χ3v) is 2.87. The molecule has 3 nitrogen and oxygen atoms in total. The first-order chi connectivity index (χ1) is 7.68. The summed E-state index contributed by atoms with van der Waals surface area (Å²) in [5.74, 6) is 0.908. The van der Waals surface area contributed by atoms with Crippen LogP contribution in [0.1, 0.15) is 11.5 Å². The van der Waals surface area contributed by atoms with Gasteiger partial charge >= 0.3 is 0 Å². The Balaban J connectivity index is 2.67. The third-order valence-electron chi connectivity index (χ3n) is 2.87. The highest BCUT2D eigenvalue weighted by Gasteiger charge is 2.14. The van der Waals surface area contributed by atoms with Crippen molar-refractivity contribution in [1.82, 2.24) is 4.98 Å². The van der Waals surface area contributed by atoms with Gasteiger partial charge in [0.15, 0.2) is 11.5 Å². The predicted octanol–water partition coefficient (Wildman–Crippen LogP) is 3.30. The van der Waals surface area contributed by atoms with Crippen LogP contribution in [-0.2, 0) is 0 Å². The number of aromatic nitrogens is 1. The van der Waals surface area contributed by atoms with Crippen LogP contribution in [0.5, 0.6) is 5.75 Å². The molecule has 0 spiro atoms. The van der Waals surface area contributed by atoms with Crippen LogP contribution in [0.25, 0.3) is 21.9 Å². The maximum Gasteiger partial charge on any atom is 0.192 e. The smallest absolute Gasteiger partial charge is 0.192 e. The SMILES string of the molecule is Cc1nc2c(C)c(O)c3ccccc3c2o1. The van der Waals surface area contributed by atoms with E-state index in [1.165, 1.54) is 0 Å². The Morgan fingerprint density at radius 1 is 1.12 bits per heavy atom. The van der Waals surface area contributed by atoms with Gasteiger partial charge in [-0.2, -0.15) is 0 Å². The molecule has 0 amide bonds. The van der Waals surface area contributed by atoms with Crippen molar-refractivity contribution in [3.05, 3.63) is 35.7 Å². The van der Waals surface area contributed by atoms with Crippen molar-refractivity contribution in [2.75, 3.05) is 0 Å². The van der Waals surface area contributed by atoms with Crippen LogP contribution in [0.3, 0.4) is 0 Å². The molecule has 0 aliphatic carbocycles. The summed E-state index contributed by atoms with van der Waals surface area (Å²) in [7, 11) is 0. The van der Waals surface area contributed by atoms with Crippen LogP contribution in [0, 0.1) is 13.8 Å². The molecule has 0 aliphatic rings. The second-order valence-corrected chi connectivity index (χ2v) is 3.93. The van der Waals surface area contributed by atoms with E-state index in [9.17, 15) is 5.11 Å². The van der Waals surface area contributed by atoms with Gasteiger partial charge in [0.05, 0.1) is 0 Å². The largest absolute Gasteiger partial charge is 0.507 e. The normalized spacial score (nSPS) is 11.4. The summed E-state index contributed by atoms with van der Waals surface area (Å²) < 4.78 is 5.59. The Morgan fingerprint density at radius 3 is 2.56 bits per heavy atom. The van der Waals surface area contributed by atoms with E-state index in [0.29, 0.717) is 5.89 Å². The average molecular weight is 213 g/mol. The van der Waals surface area contributed by atoms with Crippen LogP contribution in [0.4, 0.5) is 0 Å². The van der Waals surface area contributed by atoms with Gasteiger partial charge in [-0.05, 0) is 6.92 Å². The number of rotatable bonds is 0. The molecular formula is C13H11NO2. The zero-order valence-electron chi connectivity index (χ0n) is 9.11. The molecule has 3 rings (SSSR count). The topological polar surface area (TPSA) is 46.3 Å². The highest BCUT2D eigenvalue weighted by molar-refractivity contribution is 6.07. The Morgan fingerprint density at radius 2 is 1.81 bits per heavy atom. The molecular weight excluding hydrogens is 202 g/mol. The van der Waals surface area contributed by atoms with Crippen LogP contribution < -0.4 is 0 Å². The Labute approximate surface area is 92.3 Å². The van der Waals surface area contributed by atoms with E-state index >= 15 is 0 Å². The van der Waals surface area contributed by atoms with Gasteiger partial charge in [-0.3, -0.25) is 0 Å². The lowest BCUT2D eigenvalue weighted by atomic mass is 10.0. The van der Waals surface area contributed by atoms with Crippen molar-refractivity contribution < 1.29 is 9.52 Å². The number of nitrogens with zero attached hydrogens (tertiary/aromatic N) is 1. The number of phenolic OH excluding ortho intramolecular Hbond substituents is 1. The van der Waals surface area contributed by atoms with Crippen molar-refractivity contribution >= 4 is 21.9 Å². The van der Waals surface area contributed by atoms with Crippen molar-refractivity contribution in [2.45, 2.75) is 13.8 Å². The number of aromatic hydroxyl groups is 1. The van der Waals surface area contributed by atoms with Gasteiger partial charge < -0.3 is 9.52 Å². The molecule has 2 aromatic carbocycles. The fraction of sp³-hybridized carbons (Fsp3) is 0.154. The van der Waals surface area contributed by atoms with Crippen LogP contribution in [0.15, 0.2) is 28.7 Å². The molecule has 0 radical (unpaired) electrons. The number of benzene rings is 2. The molecule has 0 saturated carbocycles. The second-order valence-electron chi connectivity index (χ2n) is 3.93. The van der Waals surface area contributed by atoms with Gasteiger partial charge in [0, 0.05) is 23.3 Å². The quantitative estimate of drug-likeness (QED) is 0.623. The molecule has 16 heavy (non-hydrogen) atoms. The molecule has 1 heterocycles. The summed E-state index contributed by atoms with van der Waals surface area (Å²) in [6.07, 6.45) is 0. The molecule has 0 aliphatic heterocycles. The maximum atomic E-state index is 10.1. The van der Waals surface area contributed by atoms with Crippen molar-refractivity contribution in [1.29, 1.82) is 0 Å². The first-order valence-electron chi connectivity index (χ1n) is 5.16. The van der Waals surface area contributed by atoms with E-state index in [1.54, 1.807) is 0 Å². The van der Waals surface area contributed by atoms with E-state index in [-0.39, 0.29) is 5.75 Å². The number of oxazole rings is 1. The Hall–Kier alpha value is -2.03. The van der Waals surface area contributed by atoms with Crippen LogP contribution in [0.2, 0.25) is 0 Å². The number of phenols is 1. The summed E-state index contributed by atoms with van der Waals surface area (Å²) in [5, 5.41) is 11.8. The zero-order chi connectivity index (χ0) is 11.3. The monoisotopic (exact) mass is 213 g/mol.